The van der Waals surface area contributed by atoms with Gasteiger partial charge in [-0.2, -0.15) is 0 Å². The molecule has 1 unspecified atom stereocenters. The molecule has 0 aromatic rings. The van der Waals surface area contributed by atoms with Gasteiger partial charge in [-0.25, -0.2) is 0 Å². The lowest BCUT2D eigenvalue weighted by atomic mass is 10.0. The van der Waals surface area contributed by atoms with E-state index in [0.29, 0.717) is 6.42 Å². The molecule has 1 atom stereocenters. The molecule has 154 valence electrons. The molecule has 1 saturated carbocycles. The van der Waals surface area contributed by atoms with Crippen molar-refractivity contribution in [1.82, 2.24) is 0 Å². The molecule has 1 rings (SSSR count). The van der Waals surface area contributed by atoms with Crippen molar-refractivity contribution in [2.24, 2.45) is 5.92 Å². The number of esters is 1. The van der Waals surface area contributed by atoms with E-state index in [9.17, 15) is 4.79 Å². The summed E-state index contributed by atoms with van der Waals surface area (Å²) >= 11 is 0. The third-order valence-corrected chi connectivity index (χ3v) is 6.02. The molecule has 0 saturated heterocycles. The maximum Gasteiger partial charge on any atom is 0.306 e. The van der Waals surface area contributed by atoms with Gasteiger partial charge in [-0.15, -0.1) is 0 Å². The first-order valence-electron chi connectivity index (χ1n) is 12.0. The van der Waals surface area contributed by atoms with Gasteiger partial charge >= 0.3 is 5.97 Å². The van der Waals surface area contributed by atoms with Crippen molar-refractivity contribution in [2.45, 2.75) is 142 Å². The number of hydrogen-bond donors (Lipinski definition) is 0. The topological polar surface area (TPSA) is 26.3 Å². The molecule has 0 spiro atoms. The van der Waals surface area contributed by atoms with Gasteiger partial charge in [0.15, 0.2) is 0 Å². The second-order valence-corrected chi connectivity index (χ2v) is 8.56. The van der Waals surface area contributed by atoms with Crippen molar-refractivity contribution in [1.29, 1.82) is 0 Å². The maximum atomic E-state index is 12.1. The SMILES string of the molecule is CCCCCCCCCCCCC(CCC)OC(=O)CCC1CCCC1. The Balaban J connectivity index is 2.00. The van der Waals surface area contributed by atoms with Gasteiger partial charge in [0.1, 0.15) is 6.10 Å². The lowest BCUT2D eigenvalue weighted by molar-refractivity contribution is -0.150. The molecule has 0 heterocycles. The highest BCUT2D eigenvalue weighted by molar-refractivity contribution is 5.69. The van der Waals surface area contributed by atoms with E-state index in [0.717, 1.165) is 31.6 Å². The van der Waals surface area contributed by atoms with Gasteiger partial charge in [0.25, 0.3) is 0 Å². The third-order valence-electron chi connectivity index (χ3n) is 6.02. The first-order valence-corrected chi connectivity index (χ1v) is 12.0. The van der Waals surface area contributed by atoms with Gasteiger partial charge < -0.3 is 4.74 Å². The van der Waals surface area contributed by atoms with Crippen molar-refractivity contribution in [3.63, 3.8) is 0 Å². The van der Waals surface area contributed by atoms with Crippen LogP contribution in [0.2, 0.25) is 0 Å². The van der Waals surface area contributed by atoms with E-state index in [4.69, 9.17) is 4.74 Å². The van der Waals surface area contributed by atoms with Crippen molar-refractivity contribution < 1.29 is 9.53 Å². The second-order valence-electron chi connectivity index (χ2n) is 8.56. The monoisotopic (exact) mass is 366 g/mol. The Hall–Kier alpha value is -0.530. The third kappa shape index (κ3) is 12.8. The van der Waals surface area contributed by atoms with Gasteiger partial charge in [-0.1, -0.05) is 104 Å². The zero-order valence-electron chi connectivity index (χ0n) is 17.9. The smallest absolute Gasteiger partial charge is 0.306 e. The number of carbonyl (C=O) groups is 1. The van der Waals surface area contributed by atoms with Crippen LogP contribution in [0.25, 0.3) is 0 Å². The molecule has 2 heteroatoms. The van der Waals surface area contributed by atoms with Gasteiger partial charge in [0.2, 0.25) is 0 Å². The van der Waals surface area contributed by atoms with E-state index in [1.165, 1.54) is 89.9 Å². The average Bonchev–Trinajstić information content (AvgIpc) is 3.15. The van der Waals surface area contributed by atoms with Crippen molar-refractivity contribution >= 4 is 5.97 Å². The van der Waals surface area contributed by atoms with E-state index in [2.05, 4.69) is 13.8 Å². The predicted molar refractivity (Wildman–Crippen MR) is 112 cm³/mol. The normalized spacial score (nSPS) is 16.1. The molecular formula is C24H46O2. The summed E-state index contributed by atoms with van der Waals surface area (Å²) < 4.78 is 5.79. The Bertz CT molecular complexity index is 320. The van der Waals surface area contributed by atoms with Crippen LogP contribution in [0.1, 0.15) is 136 Å². The van der Waals surface area contributed by atoms with Crippen molar-refractivity contribution in [3.05, 3.63) is 0 Å². The molecule has 0 N–H and O–H groups in total. The molecule has 1 aliphatic rings. The van der Waals surface area contributed by atoms with Crippen LogP contribution in [0.4, 0.5) is 0 Å². The summed E-state index contributed by atoms with van der Waals surface area (Å²) in [6.45, 7) is 4.47. The quantitative estimate of drug-likeness (QED) is 0.193. The fourth-order valence-corrected chi connectivity index (χ4v) is 4.31. The first-order chi connectivity index (χ1) is 12.8. The molecule has 1 aliphatic carbocycles. The van der Waals surface area contributed by atoms with E-state index >= 15 is 0 Å². The zero-order chi connectivity index (χ0) is 18.9. The zero-order valence-corrected chi connectivity index (χ0v) is 17.9. The molecule has 0 amide bonds. The summed E-state index contributed by atoms with van der Waals surface area (Å²) in [5.41, 5.74) is 0. The minimum atomic E-state index is 0.0578. The predicted octanol–water partition coefficient (Wildman–Crippen LogP) is 7.98. The molecule has 2 nitrogen and oxygen atoms in total. The molecule has 0 radical (unpaired) electrons. The van der Waals surface area contributed by atoms with Gasteiger partial charge in [-0.05, 0) is 31.6 Å². The van der Waals surface area contributed by atoms with Gasteiger partial charge in [-0.3, -0.25) is 4.79 Å². The van der Waals surface area contributed by atoms with Crippen LogP contribution >= 0.6 is 0 Å². The fourth-order valence-electron chi connectivity index (χ4n) is 4.31. The molecule has 0 aromatic carbocycles. The second kappa shape index (κ2) is 16.6. The Kier molecular flexibility index (Phi) is 15.0. The minimum Gasteiger partial charge on any atom is -0.462 e. The van der Waals surface area contributed by atoms with Crippen molar-refractivity contribution in [3.8, 4) is 0 Å². The van der Waals surface area contributed by atoms with E-state index in [1.807, 2.05) is 0 Å². The van der Waals surface area contributed by atoms with Crippen LogP contribution in [-0.4, -0.2) is 12.1 Å². The molecule has 26 heavy (non-hydrogen) atoms. The molecule has 0 aromatic heterocycles. The molecule has 0 bridgehead atoms. The summed E-state index contributed by atoms with van der Waals surface area (Å²) in [5.74, 6) is 0.844. The van der Waals surface area contributed by atoms with E-state index in [1.54, 1.807) is 0 Å². The highest BCUT2D eigenvalue weighted by Gasteiger charge is 2.18. The Labute approximate surface area is 163 Å². The number of ether oxygens (including phenoxy) is 1. The Morgan fingerprint density at radius 1 is 0.808 bits per heavy atom. The highest BCUT2D eigenvalue weighted by Crippen LogP contribution is 2.28. The van der Waals surface area contributed by atoms with E-state index < -0.39 is 0 Å². The highest BCUT2D eigenvalue weighted by atomic mass is 16.5. The Morgan fingerprint density at radius 3 is 1.96 bits per heavy atom. The van der Waals surface area contributed by atoms with Crippen LogP contribution < -0.4 is 0 Å². The number of carbonyl (C=O) groups excluding carboxylic acids is 1. The van der Waals surface area contributed by atoms with Gasteiger partial charge in [0.05, 0.1) is 0 Å². The first kappa shape index (κ1) is 23.5. The van der Waals surface area contributed by atoms with Crippen molar-refractivity contribution in [2.75, 3.05) is 0 Å². The molecular weight excluding hydrogens is 320 g/mol. The maximum absolute atomic E-state index is 12.1. The van der Waals surface area contributed by atoms with Gasteiger partial charge in [0, 0.05) is 6.42 Å². The number of hydrogen-bond acceptors (Lipinski definition) is 2. The summed E-state index contributed by atoms with van der Waals surface area (Å²) in [6, 6.07) is 0. The largest absolute Gasteiger partial charge is 0.462 e. The summed E-state index contributed by atoms with van der Waals surface area (Å²) in [4.78, 5) is 12.1. The fraction of sp³-hybridized carbons (Fsp3) is 0.958. The summed E-state index contributed by atoms with van der Waals surface area (Å²) in [5, 5.41) is 0. The number of rotatable bonds is 17. The summed E-state index contributed by atoms with van der Waals surface area (Å²) in [6.07, 6.45) is 24.1. The summed E-state index contributed by atoms with van der Waals surface area (Å²) in [7, 11) is 0. The van der Waals surface area contributed by atoms with Crippen LogP contribution in [0, 0.1) is 5.92 Å². The Morgan fingerprint density at radius 2 is 1.38 bits per heavy atom. The molecule has 0 aliphatic heterocycles. The van der Waals surface area contributed by atoms with Crippen LogP contribution in [0.3, 0.4) is 0 Å². The van der Waals surface area contributed by atoms with E-state index in [-0.39, 0.29) is 12.1 Å². The van der Waals surface area contributed by atoms with Crippen LogP contribution in [-0.2, 0) is 9.53 Å². The average molecular weight is 367 g/mol. The van der Waals surface area contributed by atoms with Crippen LogP contribution in [0.15, 0.2) is 0 Å². The van der Waals surface area contributed by atoms with Crippen LogP contribution in [0.5, 0.6) is 0 Å². The lowest BCUT2D eigenvalue weighted by Crippen LogP contribution is -2.18. The lowest BCUT2D eigenvalue weighted by Gasteiger charge is -2.18. The minimum absolute atomic E-state index is 0.0578. The molecule has 1 fully saturated rings. The number of unbranched alkanes of at least 4 members (excludes halogenated alkanes) is 9. The standard InChI is InChI=1S/C24H46O2/c1-3-5-6-7-8-9-10-11-12-13-19-23(16-4-2)26-24(25)21-20-22-17-14-15-18-22/h22-23H,3-21H2,1-2H3.